The summed E-state index contributed by atoms with van der Waals surface area (Å²) in [5.41, 5.74) is 3.27. The van der Waals surface area contributed by atoms with Crippen LogP contribution in [0, 0.1) is 20.8 Å². The minimum Gasteiger partial charge on any atom is -0.428 e. The minimum atomic E-state index is 0.460. The smallest absolute Gasteiger partial charge is 0.298 e. The molecule has 0 aromatic heterocycles. The first kappa shape index (κ1) is 8.78. The zero-order chi connectivity index (χ0) is 9.14. The molecule has 2 heteroatoms. The third-order valence-electron chi connectivity index (χ3n) is 1.94. The Morgan fingerprint density at radius 3 is 2.50 bits per heavy atom. The van der Waals surface area contributed by atoms with Crippen molar-refractivity contribution in [3.63, 3.8) is 0 Å². The maximum Gasteiger partial charge on any atom is 0.298 e. The number of ether oxygens (including phenoxy) is 1. The highest BCUT2D eigenvalue weighted by Crippen LogP contribution is 2.22. The van der Waals surface area contributed by atoms with Gasteiger partial charge in [-0.2, -0.15) is 0 Å². The second-order valence-electron chi connectivity index (χ2n) is 2.92. The molecule has 0 bridgehead atoms. The van der Waals surface area contributed by atoms with Crippen LogP contribution in [0.2, 0.25) is 0 Å². The highest BCUT2D eigenvalue weighted by atomic mass is 16.5. The Balaban J connectivity index is 3.17. The van der Waals surface area contributed by atoms with Crippen LogP contribution in [0.1, 0.15) is 16.7 Å². The zero-order valence-corrected chi connectivity index (χ0v) is 7.55. The molecule has 1 aromatic rings. The third kappa shape index (κ3) is 1.64. The lowest BCUT2D eigenvalue weighted by atomic mass is 10.1. The molecule has 1 aromatic carbocycles. The molecule has 0 atom stereocenters. The molecule has 0 fully saturated rings. The van der Waals surface area contributed by atoms with Crippen molar-refractivity contribution < 1.29 is 9.53 Å². The lowest BCUT2D eigenvalue weighted by Gasteiger charge is -2.07. The van der Waals surface area contributed by atoms with Crippen LogP contribution in [-0.2, 0) is 4.79 Å². The molecule has 0 amide bonds. The fraction of sp³-hybridized carbons (Fsp3) is 0.300. The van der Waals surface area contributed by atoms with Crippen molar-refractivity contribution in [2.24, 2.45) is 0 Å². The van der Waals surface area contributed by atoms with Gasteiger partial charge in [0.1, 0.15) is 5.75 Å². The molecule has 1 rings (SSSR count). The fourth-order valence-electron chi connectivity index (χ4n) is 1.18. The first-order chi connectivity index (χ1) is 5.65. The van der Waals surface area contributed by atoms with Crippen molar-refractivity contribution in [3.05, 3.63) is 28.8 Å². The van der Waals surface area contributed by atoms with Crippen molar-refractivity contribution in [3.8, 4) is 5.75 Å². The molecule has 0 aliphatic rings. The van der Waals surface area contributed by atoms with E-state index in [1.54, 1.807) is 0 Å². The molecule has 64 valence electrons. The first-order valence-corrected chi connectivity index (χ1v) is 3.83. The summed E-state index contributed by atoms with van der Waals surface area (Å²) < 4.78 is 4.82. The van der Waals surface area contributed by atoms with Gasteiger partial charge in [0.25, 0.3) is 6.47 Å². The van der Waals surface area contributed by atoms with Crippen LogP contribution in [0.5, 0.6) is 5.75 Å². The quantitative estimate of drug-likeness (QED) is 0.626. The molecule has 0 spiro atoms. The number of hydrogen-bond acceptors (Lipinski definition) is 2. The van der Waals surface area contributed by atoms with Gasteiger partial charge in [0, 0.05) is 0 Å². The number of aryl methyl sites for hydroxylation is 2. The van der Waals surface area contributed by atoms with Gasteiger partial charge >= 0.3 is 0 Å². The molecular formula is C10H12O2. The van der Waals surface area contributed by atoms with Crippen molar-refractivity contribution in [2.45, 2.75) is 20.8 Å². The fourth-order valence-corrected chi connectivity index (χ4v) is 1.18. The molecule has 0 saturated carbocycles. The van der Waals surface area contributed by atoms with Gasteiger partial charge in [-0.3, -0.25) is 4.79 Å². The molecule has 0 aliphatic heterocycles. The largest absolute Gasteiger partial charge is 0.428 e. The van der Waals surface area contributed by atoms with E-state index in [9.17, 15) is 4.79 Å². The Morgan fingerprint density at radius 1 is 1.25 bits per heavy atom. The van der Waals surface area contributed by atoms with Gasteiger partial charge in [-0.15, -0.1) is 0 Å². The van der Waals surface area contributed by atoms with E-state index in [0.717, 1.165) is 16.7 Å². The summed E-state index contributed by atoms with van der Waals surface area (Å²) in [4.78, 5) is 10.1. The van der Waals surface area contributed by atoms with Crippen LogP contribution in [-0.4, -0.2) is 6.47 Å². The van der Waals surface area contributed by atoms with Crippen LogP contribution in [0.25, 0.3) is 0 Å². The van der Waals surface area contributed by atoms with E-state index in [4.69, 9.17) is 4.74 Å². The highest BCUT2D eigenvalue weighted by Gasteiger charge is 2.02. The molecule has 0 radical (unpaired) electrons. The normalized spacial score (nSPS) is 9.58. The number of carbonyl (C=O) groups excluding carboxylic acids is 1. The Hall–Kier alpha value is -1.31. The number of hydrogen-bond donors (Lipinski definition) is 0. The second kappa shape index (κ2) is 3.39. The van der Waals surface area contributed by atoms with Gasteiger partial charge in [-0.25, -0.2) is 0 Å². The van der Waals surface area contributed by atoms with Crippen LogP contribution >= 0.6 is 0 Å². The van der Waals surface area contributed by atoms with Crippen molar-refractivity contribution in [1.29, 1.82) is 0 Å². The average Bonchev–Trinajstić information content (AvgIpc) is 2.00. The second-order valence-corrected chi connectivity index (χ2v) is 2.92. The molecule has 0 unspecified atom stereocenters. The minimum absolute atomic E-state index is 0.460. The van der Waals surface area contributed by atoms with E-state index in [-0.39, 0.29) is 0 Å². The van der Waals surface area contributed by atoms with Crippen LogP contribution in [0.3, 0.4) is 0 Å². The monoisotopic (exact) mass is 164 g/mol. The van der Waals surface area contributed by atoms with Gasteiger partial charge < -0.3 is 4.74 Å². The Bertz CT molecular complexity index is 303. The maximum atomic E-state index is 10.1. The van der Waals surface area contributed by atoms with E-state index < -0.39 is 0 Å². The predicted molar refractivity (Wildman–Crippen MR) is 47.3 cm³/mol. The summed E-state index contributed by atoms with van der Waals surface area (Å²) in [5.74, 6) is 0.655. The summed E-state index contributed by atoms with van der Waals surface area (Å²) in [6.07, 6.45) is 0. The molecule has 0 heterocycles. The standard InChI is InChI=1S/C10H12O2/c1-7-4-8(2)9(3)10(5-7)12-6-11/h4-6H,1-3H3. The first-order valence-electron chi connectivity index (χ1n) is 3.83. The average molecular weight is 164 g/mol. The van der Waals surface area contributed by atoms with Gasteiger partial charge in [0.15, 0.2) is 0 Å². The van der Waals surface area contributed by atoms with Gasteiger partial charge in [-0.1, -0.05) is 6.07 Å². The molecule has 0 saturated heterocycles. The highest BCUT2D eigenvalue weighted by molar-refractivity contribution is 5.50. The Labute approximate surface area is 72.2 Å². The SMILES string of the molecule is Cc1cc(C)c(C)c(OC=O)c1. The topological polar surface area (TPSA) is 26.3 Å². The van der Waals surface area contributed by atoms with Crippen LogP contribution < -0.4 is 4.74 Å². The van der Waals surface area contributed by atoms with E-state index in [1.807, 2.05) is 26.8 Å². The molecule has 2 nitrogen and oxygen atoms in total. The maximum absolute atomic E-state index is 10.1. The molecular weight excluding hydrogens is 152 g/mol. The van der Waals surface area contributed by atoms with E-state index >= 15 is 0 Å². The zero-order valence-electron chi connectivity index (χ0n) is 7.55. The van der Waals surface area contributed by atoms with E-state index in [2.05, 4.69) is 6.07 Å². The van der Waals surface area contributed by atoms with Gasteiger partial charge in [-0.05, 0) is 43.5 Å². The molecule has 0 N–H and O–H groups in total. The lowest BCUT2D eigenvalue weighted by molar-refractivity contribution is -0.120. The summed E-state index contributed by atoms with van der Waals surface area (Å²) in [6, 6.07) is 3.92. The number of benzene rings is 1. The lowest BCUT2D eigenvalue weighted by Crippen LogP contribution is -1.94. The van der Waals surface area contributed by atoms with E-state index in [0.29, 0.717) is 12.2 Å². The predicted octanol–water partition coefficient (Wildman–Crippen LogP) is 2.15. The summed E-state index contributed by atoms with van der Waals surface area (Å²) in [6.45, 7) is 6.37. The summed E-state index contributed by atoms with van der Waals surface area (Å²) in [7, 11) is 0. The van der Waals surface area contributed by atoms with Crippen molar-refractivity contribution in [2.75, 3.05) is 0 Å². The Morgan fingerprint density at radius 2 is 1.92 bits per heavy atom. The van der Waals surface area contributed by atoms with Gasteiger partial charge in [0.05, 0.1) is 0 Å². The Kier molecular flexibility index (Phi) is 2.48. The van der Waals surface area contributed by atoms with E-state index in [1.165, 1.54) is 0 Å². The number of carbonyl (C=O) groups is 1. The third-order valence-corrected chi connectivity index (χ3v) is 1.94. The van der Waals surface area contributed by atoms with Crippen molar-refractivity contribution >= 4 is 6.47 Å². The summed E-state index contributed by atoms with van der Waals surface area (Å²) in [5, 5.41) is 0. The molecule has 0 aliphatic carbocycles. The van der Waals surface area contributed by atoms with Crippen LogP contribution in [0.15, 0.2) is 12.1 Å². The number of rotatable bonds is 2. The van der Waals surface area contributed by atoms with Gasteiger partial charge in [0.2, 0.25) is 0 Å². The summed E-state index contributed by atoms with van der Waals surface area (Å²) >= 11 is 0. The van der Waals surface area contributed by atoms with Crippen molar-refractivity contribution in [1.82, 2.24) is 0 Å². The molecule has 12 heavy (non-hydrogen) atoms. The van der Waals surface area contributed by atoms with Crippen LogP contribution in [0.4, 0.5) is 0 Å².